The van der Waals surface area contributed by atoms with Crippen molar-refractivity contribution in [3.05, 3.63) is 53.3 Å². The average Bonchev–Trinajstić information content (AvgIpc) is 2.83. The maximum atomic E-state index is 4.28. The van der Waals surface area contributed by atoms with Gasteiger partial charge in [-0.3, -0.25) is 4.68 Å². The quantitative estimate of drug-likeness (QED) is 0.909. The molecule has 2 rings (SSSR count). The third-order valence-electron chi connectivity index (χ3n) is 3.79. The molecule has 0 aliphatic rings. The predicted molar refractivity (Wildman–Crippen MR) is 88.5 cm³/mol. The molecule has 1 aromatic heterocycles. The molecule has 1 N–H and O–H groups in total. The zero-order chi connectivity index (χ0) is 15.5. The van der Waals surface area contributed by atoms with Crippen LogP contribution >= 0.6 is 0 Å². The lowest BCUT2D eigenvalue weighted by molar-refractivity contribution is 0.517. The van der Waals surface area contributed by atoms with Crippen LogP contribution in [0.3, 0.4) is 0 Å². The number of likely N-dealkylation sites (N-methyl/N-ethyl adjacent to an activating group) is 1. The van der Waals surface area contributed by atoms with Crippen LogP contribution in [0.25, 0.3) is 0 Å². The van der Waals surface area contributed by atoms with Gasteiger partial charge in [0.15, 0.2) is 0 Å². The Morgan fingerprint density at radius 2 is 1.95 bits per heavy atom. The Kier molecular flexibility index (Phi) is 4.84. The predicted octanol–water partition coefficient (Wildman–Crippen LogP) is 3.61. The van der Waals surface area contributed by atoms with Gasteiger partial charge in [0.2, 0.25) is 0 Å². The summed E-state index contributed by atoms with van der Waals surface area (Å²) in [5, 5.41) is 7.92. The van der Waals surface area contributed by atoms with E-state index in [9.17, 15) is 0 Å². The van der Waals surface area contributed by atoms with Gasteiger partial charge in [-0.15, -0.1) is 0 Å². The summed E-state index contributed by atoms with van der Waals surface area (Å²) >= 11 is 0. The second-order valence-corrected chi connectivity index (χ2v) is 6.67. The van der Waals surface area contributed by atoms with Crippen molar-refractivity contribution < 1.29 is 0 Å². The Balaban J connectivity index is 2.34. The van der Waals surface area contributed by atoms with Gasteiger partial charge in [-0.25, -0.2) is 0 Å². The minimum atomic E-state index is 0.152. The van der Waals surface area contributed by atoms with Gasteiger partial charge >= 0.3 is 0 Å². The van der Waals surface area contributed by atoms with Crippen molar-refractivity contribution in [2.75, 3.05) is 6.54 Å². The largest absolute Gasteiger partial charge is 0.310 e. The molecule has 114 valence electrons. The van der Waals surface area contributed by atoms with E-state index in [1.807, 2.05) is 17.9 Å². The summed E-state index contributed by atoms with van der Waals surface area (Å²) in [7, 11) is 1.97. The first-order chi connectivity index (χ1) is 9.91. The highest BCUT2D eigenvalue weighted by Crippen LogP contribution is 2.31. The number of benzene rings is 1. The minimum Gasteiger partial charge on any atom is -0.310 e. The third kappa shape index (κ3) is 3.94. The maximum absolute atomic E-state index is 4.28. The summed E-state index contributed by atoms with van der Waals surface area (Å²) in [5.41, 5.74) is 4.24. The lowest BCUT2D eigenvalue weighted by Gasteiger charge is -2.28. The minimum absolute atomic E-state index is 0.152. The topological polar surface area (TPSA) is 29.9 Å². The van der Waals surface area contributed by atoms with E-state index in [2.05, 4.69) is 68.6 Å². The summed E-state index contributed by atoms with van der Waals surface area (Å²) in [5.74, 6) is 0. The summed E-state index contributed by atoms with van der Waals surface area (Å²) in [6, 6.07) is 9.11. The maximum Gasteiger partial charge on any atom is 0.0522 e. The number of nitrogens with one attached hydrogen (secondary N) is 1. The second kappa shape index (κ2) is 6.44. The molecule has 0 fully saturated rings. The van der Waals surface area contributed by atoms with Gasteiger partial charge in [0.25, 0.3) is 0 Å². The van der Waals surface area contributed by atoms with Crippen molar-refractivity contribution in [3.63, 3.8) is 0 Å². The van der Waals surface area contributed by atoms with Gasteiger partial charge in [0.05, 0.1) is 6.20 Å². The highest BCUT2D eigenvalue weighted by atomic mass is 15.2. The van der Waals surface area contributed by atoms with Crippen LogP contribution in [0.2, 0.25) is 0 Å². The fourth-order valence-corrected chi connectivity index (χ4v) is 2.84. The van der Waals surface area contributed by atoms with Gasteiger partial charge in [-0.05, 0) is 35.1 Å². The van der Waals surface area contributed by atoms with Crippen LogP contribution in [0.1, 0.15) is 50.4 Å². The Morgan fingerprint density at radius 1 is 1.24 bits per heavy atom. The number of aryl methyl sites for hydroxylation is 1. The van der Waals surface area contributed by atoms with Crippen molar-refractivity contribution in [2.24, 2.45) is 7.05 Å². The summed E-state index contributed by atoms with van der Waals surface area (Å²) < 4.78 is 1.87. The lowest BCUT2D eigenvalue weighted by atomic mass is 9.81. The average molecular weight is 285 g/mol. The first-order valence-corrected chi connectivity index (χ1v) is 7.72. The van der Waals surface area contributed by atoms with Gasteiger partial charge in [-0.2, -0.15) is 5.10 Å². The Morgan fingerprint density at radius 3 is 2.52 bits per heavy atom. The molecule has 0 amide bonds. The fraction of sp³-hybridized carbons (Fsp3) is 0.500. The zero-order valence-electron chi connectivity index (χ0n) is 13.9. The van der Waals surface area contributed by atoms with E-state index in [1.165, 1.54) is 16.7 Å². The molecule has 0 aliphatic carbocycles. The molecule has 1 atom stereocenters. The van der Waals surface area contributed by atoms with Gasteiger partial charge < -0.3 is 5.32 Å². The molecule has 21 heavy (non-hydrogen) atoms. The molecule has 0 spiro atoms. The number of hydrogen-bond acceptors (Lipinski definition) is 2. The first-order valence-electron chi connectivity index (χ1n) is 7.72. The van der Waals surface area contributed by atoms with Crippen molar-refractivity contribution in [1.29, 1.82) is 0 Å². The van der Waals surface area contributed by atoms with Crippen LogP contribution in [0.15, 0.2) is 36.7 Å². The first kappa shape index (κ1) is 15.8. The molecule has 0 radical (unpaired) electrons. The fourth-order valence-electron chi connectivity index (χ4n) is 2.84. The van der Waals surface area contributed by atoms with Crippen molar-refractivity contribution in [1.82, 2.24) is 15.1 Å². The van der Waals surface area contributed by atoms with E-state index in [0.29, 0.717) is 6.04 Å². The lowest BCUT2D eigenvalue weighted by Crippen LogP contribution is -2.26. The van der Waals surface area contributed by atoms with E-state index >= 15 is 0 Å². The van der Waals surface area contributed by atoms with Crippen molar-refractivity contribution in [2.45, 2.75) is 45.6 Å². The normalized spacial score (nSPS) is 13.4. The molecular weight excluding hydrogens is 258 g/mol. The zero-order valence-corrected chi connectivity index (χ0v) is 13.9. The van der Waals surface area contributed by atoms with Crippen LogP contribution in [0.4, 0.5) is 0 Å². The second-order valence-electron chi connectivity index (χ2n) is 6.67. The summed E-state index contributed by atoms with van der Waals surface area (Å²) in [4.78, 5) is 0. The van der Waals surface area contributed by atoms with E-state index in [-0.39, 0.29) is 5.41 Å². The standard InChI is InChI=1S/C18H27N3/c1-6-19-17(11-14-12-20-21(5)13-14)15-9-7-8-10-16(15)18(2,3)4/h7-10,12-13,17,19H,6,11H2,1-5H3. The van der Waals surface area contributed by atoms with Crippen LogP contribution in [0.5, 0.6) is 0 Å². The van der Waals surface area contributed by atoms with Crippen LogP contribution in [-0.4, -0.2) is 16.3 Å². The smallest absolute Gasteiger partial charge is 0.0522 e. The molecule has 3 heteroatoms. The van der Waals surface area contributed by atoms with Gasteiger partial charge in [-0.1, -0.05) is 52.0 Å². The van der Waals surface area contributed by atoms with Gasteiger partial charge in [0, 0.05) is 19.3 Å². The Hall–Kier alpha value is -1.61. The van der Waals surface area contributed by atoms with Crippen LogP contribution < -0.4 is 5.32 Å². The highest BCUT2D eigenvalue weighted by molar-refractivity contribution is 5.36. The summed E-state index contributed by atoms with van der Waals surface area (Å²) in [6.07, 6.45) is 5.03. The molecule has 1 heterocycles. The van der Waals surface area contributed by atoms with Crippen LogP contribution in [0, 0.1) is 0 Å². The molecular formula is C18H27N3. The monoisotopic (exact) mass is 285 g/mol. The molecule has 0 aliphatic heterocycles. The summed E-state index contributed by atoms with van der Waals surface area (Å²) in [6.45, 7) is 9.95. The molecule has 0 saturated heterocycles. The van der Waals surface area contributed by atoms with Crippen molar-refractivity contribution >= 4 is 0 Å². The SMILES string of the molecule is CCNC(Cc1cnn(C)c1)c1ccccc1C(C)(C)C. The highest BCUT2D eigenvalue weighted by Gasteiger charge is 2.22. The van der Waals surface area contributed by atoms with E-state index < -0.39 is 0 Å². The molecule has 0 bridgehead atoms. The molecule has 0 saturated carbocycles. The molecule has 3 nitrogen and oxygen atoms in total. The van der Waals surface area contributed by atoms with Gasteiger partial charge in [0.1, 0.15) is 0 Å². The van der Waals surface area contributed by atoms with E-state index in [1.54, 1.807) is 0 Å². The molecule has 1 unspecified atom stereocenters. The van der Waals surface area contributed by atoms with E-state index in [4.69, 9.17) is 0 Å². The molecule has 1 aromatic carbocycles. The van der Waals surface area contributed by atoms with Crippen LogP contribution in [-0.2, 0) is 18.9 Å². The number of aromatic nitrogens is 2. The van der Waals surface area contributed by atoms with E-state index in [0.717, 1.165) is 13.0 Å². The number of rotatable bonds is 5. The Labute approximate surface area is 128 Å². The number of hydrogen-bond donors (Lipinski definition) is 1. The Bertz CT molecular complexity index is 578. The van der Waals surface area contributed by atoms with Crippen molar-refractivity contribution in [3.8, 4) is 0 Å². The number of nitrogens with zero attached hydrogens (tertiary/aromatic N) is 2. The molecule has 2 aromatic rings. The third-order valence-corrected chi connectivity index (χ3v) is 3.79.